The highest BCUT2D eigenvalue weighted by molar-refractivity contribution is 5.79. The Hall–Kier alpha value is -1.43. The molecule has 0 radical (unpaired) electrons. The van der Waals surface area contributed by atoms with Crippen molar-refractivity contribution in [1.82, 2.24) is 20.4 Å². The third-order valence-electron chi connectivity index (χ3n) is 4.60. The van der Waals surface area contributed by atoms with Gasteiger partial charge in [-0.05, 0) is 44.1 Å². The van der Waals surface area contributed by atoms with E-state index in [4.69, 9.17) is 4.52 Å². The molecule has 1 aliphatic carbocycles. The van der Waals surface area contributed by atoms with Crippen LogP contribution < -0.4 is 5.32 Å². The monoisotopic (exact) mass is 320 g/mol. The standard InChI is InChI=1S/C17H28N4O2/c1-12(2)8-15-19-16(23-20-15)11-21-7-3-4-14(10-21)17(22)18-9-13-5-6-13/h12-14H,3-11H2,1-2H3,(H,18,22). The first kappa shape index (κ1) is 16.4. The molecule has 2 heterocycles. The zero-order valence-electron chi connectivity index (χ0n) is 14.3. The second-order valence-corrected chi connectivity index (χ2v) is 7.47. The molecule has 1 amide bonds. The van der Waals surface area contributed by atoms with Crippen molar-refractivity contribution in [3.05, 3.63) is 11.7 Å². The number of aromatic nitrogens is 2. The maximum Gasteiger partial charge on any atom is 0.240 e. The zero-order chi connectivity index (χ0) is 16.2. The van der Waals surface area contributed by atoms with E-state index in [9.17, 15) is 4.79 Å². The minimum atomic E-state index is 0.0977. The molecular weight excluding hydrogens is 292 g/mol. The zero-order valence-corrected chi connectivity index (χ0v) is 14.3. The number of carbonyl (C=O) groups excluding carboxylic acids is 1. The van der Waals surface area contributed by atoms with Gasteiger partial charge >= 0.3 is 0 Å². The molecule has 1 saturated carbocycles. The van der Waals surface area contributed by atoms with E-state index in [1.54, 1.807) is 0 Å². The molecule has 6 nitrogen and oxygen atoms in total. The van der Waals surface area contributed by atoms with Crippen LogP contribution in [0, 0.1) is 17.8 Å². The fraction of sp³-hybridized carbons (Fsp3) is 0.824. The minimum Gasteiger partial charge on any atom is -0.356 e. The lowest BCUT2D eigenvalue weighted by Gasteiger charge is -2.30. The molecule has 1 unspecified atom stereocenters. The fourth-order valence-corrected chi connectivity index (χ4v) is 3.12. The van der Waals surface area contributed by atoms with E-state index in [1.165, 1.54) is 12.8 Å². The molecule has 1 saturated heterocycles. The Morgan fingerprint density at radius 2 is 2.22 bits per heavy atom. The van der Waals surface area contributed by atoms with Crippen molar-refractivity contribution in [3.8, 4) is 0 Å². The van der Waals surface area contributed by atoms with E-state index in [1.807, 2.05) is 0 Å². The Kier molecular flexibility index (Phi) is 5.30. The van der Waals surface area contributed by atoms with Crippen molar-refractivity contribution in [2.75, 3.05) is 19.6 Å². The molecule has 3 rings (SSSR count). The molecule has 1 aliphatic heterocycles. The lowest BCUT2D eigenvalue weighted by Crippen LogP contribution is -2.43. The van der Waals surface area contributed by atoms with Crippen LogP contribution in [0.15, 0.2) is 4.52 Å². The van der Waals surface area contributed by atoms with Crippen molar-refractivity contribution in [1.29, 1.82) is 0 Å². The second-order valence-electron chi connectivity index (χ2n) is 7.47. The maximum atomic E-state index is 12.3. The first-order valence-corrected chi connectivity index (χ1v) is 8.91. The van der Waals surface area contributed by atoms with Crippen LogP contribution in [0.3, 0.4) is 0 Å². The van der Waals surface area contributed by atoms with Crippen molar-refractivity contribution in [2.45, 2.75) is 52.5 Å². The van der Waals surface area contributed by atoms with Gasteiger partial charge in [-0.25, -0.2) is 0 Å². The SMILES string of the molecule is CC(C)Cc1noc(CN2CCCC(C(=O)NCC3CC3)C2)n1. The Balaban J connectivity index is 1.47. The van der Waals surface area contributed by atoms with Crippen molar-refractivity contribution in [3.63, 3.8) is 0 Å². The summed E-state index contributed by atoms with van der Waals surface area (Å²) in [5.74, 6) is 3.02. The van der Waals surface area contributed by atoms with Gasteiger partial charge in [-0.15, -0.1) is 0 Å². The van der Waals surface area contributed by atoms with E-state index in [0.29, 0.717) is 18.4 Å². The number of rotatable bonds is 7. The van der Waals surface area contributed by atoms with Crippen LogP contribution in [-0.2, 0) is 17.8 Å². The highest BCUT2D eigenvalue weighted by atomic mass is 16.5. The fourth-order valence-electron chi connectivity index (χ4n) is 3.12. The van der Waals surface area contributed by atoms with Gasteiger partial charge in [0.25, 0.3) is 0 Å². The van der Waals surface area contributed by atoms with Gasteiger partial charge in [-0.1, -0.05) is 19.0 Å². The summed E-state index contributed by atoms with van der Waals surface area (Å²) in [5, 5.41) is 7.15. The summed E-state index contributed by atoms with van der Waals surface area (Å²) in [6.45, 7) is 7.58. The number of carbonyl (C=O) groups is 1. The minimum absolute atomic E-state index is 0.0977. The number of likely N-dealkylation sites (tertiary alicyclic amines) is 1. The van der Waals surface area contributed by atoms with Crippen LogP contribution in [0.5, 0.6) is 0 Å². The molecule has 0 bridgehead atoms. The van der Waals surface area contributed by atoms with E-state index in [2.05, 4.69) is 34.2 Å². The van der Waals surface area contributed by atoms with Gasteiger partial charge in [-0.3, -0.25) is 9.69 Å². The van der Waals surface area contributed by atoms with Crippen LogP contribution in [0.4, 0.5) is 0 Å². The van der Waals surface area contributed by atoms with Gasteiger partial charge in [-0.2, -0.15) is 4.98 Å². The number of piperidine rings is 1. The molecule has 2 fully saturated rings. The highest BCUT2D eigenvalue weighted by Gasteiger charge is 2.28. The highest BCUT2D eigenvalue weighted by Crippen LogP contribution is 2.28. The molecule has 2 aliphatic rings. The van der Waals surface area contributed by atoms with Gasteiger partial charge in [0.15, 0.2) is 5.82 Å². The van der Waals surface area contributed by atoms with Gasteiger partial charge in [0.05, 0.1) is 12.5 Å². The summed E-state index contributed by atoms with van der Waals surface area (Å²) in [6.07, 6.45) is 5.42. The first-order valence-electron chi connectivity index (χ1n) is 8.91. The smallest absolute Gasteiger partial charge is 0.240 e. The predicted octanol–water partition coefficient (Wildman–Crippen LogP) is 2.01. The first-order chi connectivity index (χ1) is 11.1. The molecule has 0 aromatic carbocycles. The van der Waals surface area contributed by atoms with E-state index < -0.39 is 0 Å². The third kappa shape index (κ3) is 5.03. The van der Waals surface area contributed by atoms with Gasteiger partial charge < -0.3 is 9.84 Å². The largest absolute Gasteiger partial charge is 0.356 e. The molecular formula is C17H28N4O2. The average Bonchev–Trinajstić information content (AvgIpc) is 3.25. The van der Waals surface area contributed by atoms with Crippen LogP contribution in [-0.4, -0.2) is 40.6 Å². The van der Waals surface area contributed by atoms with Gasteiger partial charge in [0, 0.05) is 19.5 Å². The van der Waals surface area contributed by atoms with Gasteiger partial charge in [0.2, 0.25) is 11.8 Å². The lowest BCUT2D eigenvalue weighted by atomic mass is 9.97. The Labute approximate surface area is 138 Å². The molecule has 0 spiro atoms. The topological polar surface area (TPSA) is 71.3 Å². The quantitative estimate of drug-likeness (QED) is 0.832. The summed E-state index contributed by atoms with van der Waals surface area (Å²) < 4.78 is 5.35. The summed E-state index contributed by atoms with van der Waals surface area (Å²) in [7, 11) is 0. The number of hydrogen-bond acceptors (Lipinski definition) is 5. The van der Waals surface area contributed by atoms with Crippen LogP contribution in [0.1, 0.15) is 51.2 Å². The van der Waals surface area contributed by atoms with Gasteiger partial charge in [0.1, 0.15) is 0 Å². The number of nitrogens with zero attached hydrogens (tertiary/aromatic N) is 3. The summed E-state index contributed by atoms with van der Waals surface area (Å²) >= 11 is 0. The van der Waals surface area contributed by atoms with Crippen molar-refractivity contribution in [2.24, 2.45) is 17.8 Å². The summed E-state index contributed by atoms with van der Waals surface area (Å²) in [4.78, 5) is 19.0. The molecule has 6 heteroatoms. The Morgan fingerprint density at radius 3 is 2.96 bits per heavy atom. The lowest BCUT2D eigenvalue weighted by molar-refractivity contribution is -0.126. The molecule has 1 atom stereocenters. The summed E-state index contributed by atoms with van der Waals surface area (Å²) in [6, 6.07) is 0. The molecule has 1 aromatic rings. The second kappa shape index (κ2) is 7.43. The van der Waals surface area contributed by atoms with Crippen molar-refractivity contribution >= 4 is 5.91 Å². The number of amides is 1. The third-order valence-corrected chi connectivity index (χ3v) is 4.60. The van der Waals surface area contributed by atoms with Crippen LogP contribution in [0.2, 0.25) is 0 Å². The molecule has 1 N–H and O–H groups in total. The maximum absolute atomic E-state index is 12.3. The molecule has 128 valence electrons. The van der Waals surface area contributed by atoms with Crippen LogP contribution >= 0.6 is 0 Å². The van der Waals surface area contributed by atoms with Crippen LogP contribution in [0.25, 0.3) is 0 Å². The normalized spacial score (nSPS) is 22.5. The average molecular weight is 320 g/mol. The van der Waals surface area contributed by atoms with Crippen molar-refractivity contribution < 1.29 is 9.32 Å². The predicted molar refractivity (Wildman–Crippen MR) is 86.6 cm³/mol. The van der Waals surface area contributed by atoms with E-state index in [-0.39, 0.29) is 11.8 Å². The Morgan fingerprint density at radius 1 is 1.39 bits per heavy atom. The Bertz CT molecular complexity index is 524. The molecule has 1 aromatic heterocycles. The summed E-state index contributed by atoms with van der Waals surface area (Å²) in [5.41, 5.74) is 0. The number of nitrogens with one attached hydrogen (secondary N) is 1. The van der Waals surface area contributed by atoms with E-state index in [0.717, 1.165) is 50.6 Å². The number of hydrogen-bond donors (Lipinski definition) is 1. The molecule has 23 heavy (non-hydrogen) atoms. The van der Waals surface area contributed by atoms with E-state index >= 15 is 0 Å².